The fraction of sp³-hybridized carbons (Fsp3) is 0.846. The van der Waals surface area contributed by atoms with Crippen molar-refractivity contribution in [3.05, 3.63) is 0 Å². The lowest BCUT2D eigenvalue weighted by molar-refractivity contribution is -0.145. The average Bonchev–Trinajstić information content (AvgIpc) is 2.34. The lowest BCUT2D eigenvalue weighted by atomic mass is 10.0. The highest BCUT2D eigenvalue weighted by molar-refractivity contribution is 8.01. The number of amides is 2. The molecule has 2 fully saturated rings. The van der Waals surface area contributed by atoms with Crippen LogP contribution in [0, 0.1) is 0 Å². The number of likely N-dealkylation sites (tertiary alicyclic amines) is 1. The fourth-order valence-electron chi connectivity index (χ4n) is 2.30. The number of morpholine rings is 1. The quantitative estimate of drug-likeness (QED) is 0.809. The predicted octanol–water partition coefficient (Wildman–Crippen LogP) is 0.634. The van der Waals surface area contributed by atoms with Gasteiger partial charge in [0.15, 0.2) is 0 Å². The van der Waals surface area contributed by atoms with Crippen LogP contribution in [0.4, 0.5) is 0 Å². The highest BCUT2D eigenvalue weighted by atomic mass is 32.2. The van der Waals surface area contributed by atoms with E-state index in [1.165, 1.54) is 0 Å². The average molecular weight is 286 g/mol. The van der Waals surface area contributed by atoms with Gasteiger partial charge in [0, 0.05) is 17.8 Å². The zero-order valence-corrected chi connectivity index (χ0v) is 12.6. The van der Waals surface area contributed by atoms with E-state index in [2.05, 4.69) is 26.1 Å². The van der Waals surface area contributed by atoms with Crippen LogP contribution in [-0.4, -0.2) is 59.1 Å². The van der Waals surface area contributed by atoms with E-state index in [1.54, 1.807) is 11.8 Å². The van der Waals surface area contributed by atoms with E-state index in [-0.39, 0.29) is 35.3 Å². The second kappa shape index (κ2) is 5.71. The van der Waals surface area contributed by atoms with Crippen molar-refractivity contribution < 1.29 is 14.3 Å². The van der Waals surface area contributed by atoms with Crippen molar-refractivity contribution in [3.8, 4) is 0 Å². The molecule has 0 aromatic rings. The molecule has 0 radical (unpaired) electrons. The molecule has 1 N–H and O–H groups in total. The molecule has 2 aliphatic heterocycles. The summed E-state index contributed by atoms with van der Waals surface area (Å²) in [5, 5.41) is 2.91. The molecule has 0 aliphatic carbocycles. The molecule has 2 amide bonds. The summed E-state index contributed by atoms with van der Waals surface area (Å²) in [4.78, 5) is 25.3. The summed E-state index contributed by atoms with van der Waals surface area (Å²) in [6.45, 7) is 7.75. The molecule has 5 nitrogen and oxygen atoms in total. The second-order valence-electron chi connectivity index (χ2n) is 6.05. The van der Waals surface area contributed by atoms with Gasteiger partial charge in [0.05, 0.1) is 17.9 Å². The van der Waals surface area contributed by atoms with E-state index in [0.29, 0.717) is 12.3 Å². The van der Waals surface area contributed by atoms with Crippen LogP contribution in [0.3, 0.4) is 0 Å². The molecule has 0 aromatic heterocycles. The SMILES string of the molecule is CC(C)(C)SCC(=O)N1CC[C@@H]2OCC(=O)N[C@@H]2C1. The van der Waals surface area contributed by atoms with Crippen LogP contribution in [0.2, 0.25) is 0 Å². The van der Waals surface area contributed by atoms with Crippen LogP contribution in [0.1, 0.15) is 27.2 Å². The van der Waals surface area contributed by atoms with E-state index in [1.807, 2.05) is 4.90 Å². The number of carbonyl (C=O) groups is 2. The molecular formula is C13H22N2O3S. The third-order valence-electron chi connectivity index (χ3n) is 3.31. The Balaban J connectivity index is 1.85. The predicted molar refractivity (Wildman–Crippen MR) is 75.1 cm³/mol. The van der Waals surface area contributed by atoms with Crippen LogP contribution in [0.25, 0.3) is 0 Å². The number of fused-ring (bicyclic) bond motifs is 1. The van der Waals surface area contributed by atoms with Crippen molar-refractivity contribution in [2.45, 2.75) is 44.1 Å². The van der Waals surface area contributed by atoms with Gasteiger partial charge in [-0.25, -0.2) is 0 Å². The Morgan fingerprint density at radius 3 is 2.95 bits per heavy atom. The first-order valence-corrected chi connectivity index (χ1v) is 7.66. The summed E-state index contributed by atoms with van der Waals surface area (Å²) in [5.74, 6) is 0.563. The van der Waals surface area contributed by atoms with Gasteiger partial charge in [-0.15, -0.1) is 11.8 Å². The lowest BCUT2D eigenvalue weighted by Gasteiger charge is -2.41. The maximum absolute atomic E-state index is 12.2. The molecule has 0 spiro atoms. The molecule has 2 aliphatic rings. The molecule has 108 valence electrons. The van der Waals surface area contributed by atoms with Gasteiger partial charge in [0.2, 0.25) is 11.8 Å². The molecule has 19 heavy (non-hydrogen) atoms. The Bertz CT molecular complexity index is 367. The number of thioether (sulfide) groups is 1. The summed E-state index contributed by atoms with van der Waals surface area (Å²) in [6, 6.07) is -0.0430. The topological polar surface area (TPSA) is 58.6 Å². The van der Waals surface area contributed by atoms with Crippen LogP contribution in [0.15, 0.2) is 0 Å². The highest BCUT2D eigenvalue weighted by Crippen LogP contribution is 2.24. The molecule has 2 heterocycles. The Kier molecular flexibility index (Phi) is 4.40. The van der Waals surface area contributed by atoms with Crippen molar-refractivity contribution in [2.24, 2.45) is 0 Å². The van der Waals surface area contributed by atoms with Gasteiger partial charge in [0.1, 0.15) is 6.61 Å². The largest absolute Gasteiger partial charge is 0.366 e. The van der Waals surface area contributed by atoms with Crippen molar-refractivity contribution in [1.82, 2.24) is 10.2 Å². The van der Waals surface area contributed by atoms with E-state index >= 15 is 0 Å². The Morgan fingerprint density at radius 2 is 2.26 bits per heavy atom. The normalized spacial score (nSPS) is 27.7. The standard InChI is InChI=1S/C13H22N2O3S/c1-13(2,3)19-8-12(17)15-5-4-10-9(6-15)14-11(16)7-18-10/h9-10H,4-8H2,1-3H3,(H,14,16)/t9-,10+/m1/s1. The first-order chi connectivity index (χ1) is 8.85. The van der Waals surface area contributed by atoms with Crippen molar-refractivity contribution in [3.63, 3.8) is 0 Å². The van der Waals surface area contributed by atoms with Gasteiger partial charge in [-0.05, 0) is 6.42 Å². The molecule has 2 rings (SSSR count). The summed E-state index contributed by atoms with van der Waals surface area (Å²) >= 11 is 1.66. The zero-order chi connectivity index (χ0) is 14.0. The van der Waals surface area contributed by atoms with E-state index < -0.39 is 0 Å². The number of hydrogen-bond donors (Lipinski definition) is 1. The summed E-state index contributed by atoms with van der Waals surface area (Å²) in [5.41, 5.74) is 0. The number of carbonyl (C=O) groups excluding carboxylic acids is 2. The Morgan fingerprint density at radius 1 is 1.53 bits per heavy atom. The maximum Gasteiger partial charge on any atom is 0.246 e. The molecule has 2 atom stereocenters. The molecule has 0 saturated carbocycles. The van der Waals surface area contributed by atoms with Crippen LogP contribution >= 0.6 is 11.8 Å². The fourth-order valence-corrected chi connectivity index (χ4v) is 3.03. The molecule has 2 saturated heterocycles. The number of ether oxygens (including phenoxy) is 1. The monoisotopic (exact) mass is 286 g/mol. The summed E-state index contributed by atoms with van der Waals surface area (Å²) in [6.07, 6.45) is 0.869. The van der Waals surface area contributed by atoms with Crippen molar-refractivity contribution >= 4 is 23.6 Å². The summed E-state index contributed by atoms with van der Waals surface area (Å²) < 4.78 is 5.57. The van der Waals surface area contributed by atoms with Crippen LogP contribution in [-0.2, 0) is 14.3 Å². The van der Waals surface area contributed by atoms with E-state index in [0.717, 1.165) is 13.0 Å². The Labute approximate surface area is 118 Å². The van der Waals surface area contributed by atoms with E-state index in [9.17, 15) is 9.59 Å². The van der Waals surface area contributed by atoms with Gasteiger partial charge in [-0.3, -0.25) is 9.59 Å². The second-order valence-corrected chi connectivity index (χ2v) is 7.86. The van der Waals surface area contributed by atoms with Gasteiger partial charge in [0.25, 0.3) is 0 Å². The minimum absolute atomic E-state index is 0.0430. The zero-order valence-electron chi connectivity index (χ0n) is 11.8. The number of nitrogens with zero attached hydrogens (tertiary/aromatic N) is 1. The lowest BCUT2D eigenvalue weighted by Crippen LogP contribution is -2.61. The molecule has 6 heteroatoms. The van der Waals surface area contributed by atoms with Gasteiger partial charge in [-0.1, -0.05) is 20.8 Å². The third-order valence-corrected chi connectivity index (χ3v) is 4.56. The molecule has 0 unspecified atom stereocenters. The van der Waals surface area contributed by atoms with Gasteiger partial charge in [-0.2, -0.15) is 0 Å². The van der Waals surface area contributed by atoms with Crippen LogP contribution < -0.4 is 5.32 Å². The van der Waals surface area contributed by atoms with Crippen molar-refractivity contribution in [2.75, 3.05) is 25.4 Å². The first kappa shape index (κ1) is 14.7. The maximum atomic E-state index is 12.2. The van der Waals surface area contributed by atoms with E-state index in [4.69, 9.17) is 4.74 Å². The third kappa shape index (κ3) is 4.11. The van der Waals surface area contributed by atoms with Gasteiger partial charge < -0.3 is 15.0 Å². The molecule has 0 aromatic carbocycles. The Hall–Kier alpha value is -0.750. The molecular weight excluding hydrogens is 264 g/mol. The number of nitrogens with one attached hydrogen (secondary N) is 1. The highest BCUT2D eigenvalue weighted by Gasteiger charge is 2.36. The van der Waals surface area contributed by atoms with Gasteiger partial charge >= 0.3 is 0 Å². The minimum Gasteiger partial charge on any atom is -0.366 e. The van der Waals surface area contributed by atoms with Crippen molar-refractivity contribution in [1.29, 1.82) is 0 Å². The molecule has 0 bridgehead atoms. The number of rotatable bonds is 2. The van der Waals surface area contributed by atoms with Crippen LogP contribution in [0.5, 0.6) is 0 Å². The first-order valence-electron chi connectivity index (χ1n) is 6.68. The minimum atomic E-state index is -0.0837. The summed E-state index contributed by atoms with van der Waals surface area (Å²) in [7, 11) is 0. The number of piperidine rings is 1. The number of hydrogen-bond acceptors (Lipinski definition) is 4. The smallest absolute Gasteiger partial charge is 0.246 e.